The van der Waals surface area contributed by atoms with E-state index in [2.05, 4.69) is 10.1 Å². The van der Waals surface area contributed by atoms with E-state index in [4.69, 9.17) is 4.74 Å². The zero-order chi connectivity index (χ0) is 17.6. The number of allylic oxidation sites excluding steroid dienone is 1. The van der Waals surface area contributed by atoms with Crippen LogP contribution in [0.1, 0.15) is 31.2 Å². The maximum Gasteiger partial charge on any atom is 0.407 e. The van der Waals surface area contributed by atoms with Gasteiger partial charge in [-0.2, -0.15) is 0 Å². The Balaban J connectivity index is 1.53. The number of hydrogen-bond acceptors (Lipinski definition) is 4. The molecule has 1 aromatic rings. The molecule has 5 nitrogen and oxygen atoms in total. The van der Waals surface area contributed by atoms with Gasteiger partial charge in [0.15, 0.2) is 0 Å². The van der Waals surface area contributed by atoms with E-state index in [0.717, 1.165) is 24.8 Å². The quantitative estimate of drug-likeness (QED) is 0.635. The van der Waals surface area contributed by atoms with E-state index in [-0.39, 0.29) is 24.7 Å². The Bertz CT molecular complexity index is 628. The van der Waals surface area contributed by atoms with Crippen LogP contribution in [-0.2, 0) is 20.9 Å². The van der Waals surface area contributed by atoms with Gasteiger partial charge in [-0.25, -0.2) is 9.59 Å². The van der Waals surface area contributed by atoms with Crippen LogP contribution in [-0.4, -0.2) is 25.2 Å². The molecule has 1 N–H and O–H groups in total. The van der Waals surface area contributed by atoms with Crippen LogP contribution in [0.3, 0.4) is 0 Å². The van der Waals surface area contributed by atoms with Crippen molar-refractivity contribution in [1.29, 1.82) is 0 Å². The largest absolute Gasteiger partial charge is 0.466 e. The van der Waals surface area contributed by atoms with Crippen LogP contribution in [0.2, 0.25) is 0 Å². The number of benzene rings is 1. The first-order valence-corrected chi connectivity index (χ1v) is 8.89. The predicted octanol–water partition coefficient (Wildman–Crippen LogP) is 3.45. The molecule has 0 saturated heterocycles. The number of ether oxygens (including phenoxy) is 2. The summed E-state index contributed by atoms with van der Waals surface area (Å²) in [5.41, 5.74) is 0.975. The Labute approximate surface area is 148 Å². The van der Waals surface area contributed by atoms with Crippen molar-refractivity contribution in [2.24, 2.45) is 17.8 Å². The van der Waals surface area contributed by atoms with Crippen molar-refractivity contribution >= 4 is 12.1 Å². The molecule has 4 atom stereocenters. The molecular formula is C20H25NO4. The van der Waals surface area contributed by atoms with E-state index in [1.165, 1.54) is 19.6 Å². The molecule has 2 aliphatic carbocycles. The Kier molecular flexibility index (Phi) is 5.74. The Morgan fingerprint density at radius 3 is 2.72 bits per heavy atom. The van der Waals surface area contributed by atoms with Crippen molar-refractivity contribution in [2.45, 2.75) is 38.3 Å². The fourth-order valence-corrected chi connectivity index (χ4v) is 4.26. The molecule has 0 aliphatic heterocycles. The molecule has 0 spiro atoms. The lowest BCUT2D eigenvalue weighted by Crippen LogP contribution is -2.44. The van der Waals surface area contributed by atoms with Crippen molar-refractivity contribution in [3.05, 3.63) is 48.0 Å². The van der Waals surface area contributed by atoms with Crippen LogP contribution in [0.15, 0.2) is 42.5 Å². The molecule has 5 heteroatoms. The lowest BCUT2D eigenvalue weighted by atomic mass is 9.82. The maximum atomic E-state index is 12.2. The highest BCUT2D eigenvalue weighted by Gasteiger charge is 2.47. The minimum atomic E-state index is -0.358. The van der Waals surface area contributed by atoms with Crippen molar-refractivity contribution in [1.82, 2.24) is 5.32 Å². The minimum absolute atomic E-state index is 0.129. The highest BCUT2D eigenvalue weighted by molar-refractivity contribution is 5.81. The Morgan fingerprint density at radius 1 is 1.20 bits per heavy atom. The number of nitrogens with one attached hydrogen (secondary N) is 1. The molecule has 0 heterocycles. The van der Waals surface area contributed by atoms with Crippen molar-refractivity contribution in [3.8, 4) is 0 Å². The SMILES string of the molecule is COC(=O)/C=C\C[C@H]1[C@@H]2CC[C@@H](C2)[C@@H]1NC(=O)OCc1ccccc1. The summed E-state index contributed by atoms with van der Waals surface area (Å²) in [5, 5.41) is 3.07. The average molecular weight is 343 g/mol. The van der Waals surface area contributed by atoms with E-state index in [1.54, 1.807) is 0 Å². The van der Waals surface area contributed by atoms with Gasteiger partial charge in [0.25, 0.3) is 0 Å². The normalized spacial score (nSPS) is 27.4. The second kappa shape index (κ2) is 8.19. The summed E-state index contributed by atoms with van der Waals surface area (Å²) < 4.78 is 9.99. The molecular weight excluding hydrogens is 318 g/mol. The Hall–Kier alpha value is -2.30. The molecule has 2 saturated carbocycles. The van der Waals surface area contributed by atoms with Crippen molar-refractivity contribution in [3.63, 3.8) is 0 Å². The smallest absolute Gasteiger partial charge is 0.407 e. The molecule has 134 valence electrons. The van der Waals surface area contributed by atoms with Gasteiger partial charge in [-0.15, -0.1) is 0 Å². The molecule has 0 aromatic heterocycles. The number of amides is 1. The summed E-state index contributed by atoms with van der Waals surface area (Å²) in [6.07, 6.45) is 7.27. The zero-order valence-electron chi connectivity index (χ0n) is 14.5. The molecule has 25 heavy (non-hydrogen) atoms. The third kappa shape index (κ3) is 4.41. The molecule has 1 amide bonds. The predicted molar refractivity (Wildman–Crippen MR) is 93.6 cm³/mol. The molecule has 1 aromatic carbocycles. The van der Waals surface area contributed by atoms with Gasteiger partial charge >= 0.3 is 12.1 Å². The van der Waals surface area contributed by atoms with Gasteiger partial charge in [0.1, 0.15) is 6.61 Å². The zero-order valence-corrected chi connectivity index (χ0v) is 14.5. The maximum absolute atomic E-state index is 12.2. The van der Waals surface area contributed by atoms with E-state index < -0.39 is 0 Å². The molecule has 3 rings (SSSR count). The summed E-state index contributed by atoms with van der Waals surface area (Å²) in [7, 11) is 1.37. The summed E-state index contributed by atoms with van der Waals surface area (Å²) in [6, 6.07) is 9.79. The van der Waals surface area contributed by atoms with Crippen molar-refractivity contribution < 1.29 is 19.1 Å². The van der Waals surface area contributed by atoms with Gasteiger partial charge in [-0.1, -0.05) is 36.4 Å². The summed E-state index contributed by atoms with van der Waals surface area (Å²) in [4.78, 5) is 23.4. The van der Waals surface area contributed by atoms with Gasteiger partial charge in [0.05, 0.1) is 7.11 Å². The first-order chi connectivity index (χ1) is 12.2. The number of carbonyl (C=O) groups is 2. The fourth-order valence-electron chi connectivity index (χ4n) is 4.26. The second-order valence-electron chi connectivity index (χ2n) is 6.89. The van der Waals surface area contributed by atoms with Crippen LogP contribution >= 0.6 is 0 Å². The van der Waals surface area contributed by atoms with Gasteiger partial charge in [-0.3, -0.25) is 0 Å². The number of rotatable bonds is 6. The van der Waals surface area contributed by atoms with E-state index >= 15 is 0 Å². The fraction of sp³-hybridized carbons (Fsp3) is 0.500. The van der Waals surface area contributed by atoms with E-state index in [1.807, 2.05) is 36.4 Å². The first kappa shape index (κ1) is 17.5. The Morgan fingerprint density at radius 2 is 1.96 bits per heavy atom. The lowest BCUT2D eigenvalue weighted by molar-refractivity contribution is -0.134. The summed E-state index contributed by atoms with van der Waals surface area (Å²) in [5.74, 6) is 1.16. The molecule has 2 bridgehead atoms. The number of esters is 1. The van der Waals surface area contributed by atoms with Crippen LogP contribution < -0.4 is 5.32 Å². The third-order valence-electron chi connectivity index (χ3n) is 5.45. The monoisotopic (exact) mass is 343 g/mol. The van der Waals surface area contributed by atoms with Crippen LogP contribution in [0.4, 0.5) is 4.79 Å². The minimum Gasteiger partial charge on any atom is -0.466 e. The number of fused-ring (bicyclic) bond motifs is 2. The molecule has 0 unspecified atom stereocenters. The van der Waals surface area contributed by atoms with Crippen LogP contribution in [0.25, 0.3) is 0 Å². The average Bonchev–Trinajstić information content (AvgIpc) is 3.23. The first-order valence-electron chi connectivity index (χ1n) is 8.89. The van der Waals surface area contributed by atoms with Crippen LogP contribution in [0.5, 0.6) is 0 Å². The van der Waals surface area contributed by atoms with Crippen LogP contribution in [0, 0.1) is 17.8 Å². The second-order valence-corrected chi connectivity index (χ2v) is 6.89. The number of methoxy groups -OCH3 is 1. The van der Waals surface area contributed by atoms with Gasteiger partial charge in [-0.05, 0) is 49.0 Å². The van der Waals surface area contributed by atoms with E-state index in [9.17, 15) is 9.59 Å². The standard InChI is InChI=1S/C20H25NO4/c1-24-18(22)9-5-8-17-15-10-11-16(12-15)19(17)21-20(23)25-13-14-6-3-2-4-7-14/h2-7,9,15-17,19H,8,10-13H2,1H3,(H,21,23)/b9-5-/t15-,16+,17+,19+/m1/s1. The van der Waals surface area contributed by atoms with Gasteiger partial charge in [0, 0.05) is 12.1 Å². The molecule has 2 aliphatic rings. The highest BCUT2D eigenvalue weighted by Crippen LogP contribution is 2.49. The summed E-state index contributed by atoms with van der Waals surface area (Å²) in [6.45, 7) is 0.278. The topological polar surface area (TPSA) is 64.6 Å². The lowest BCUT2D eigenvalue weighted by Gasteiger charge is -2.30. The van der Waals surface area contributed by atoms with Crippen molar-refractivity contribution in [2.75, 3.05) is 7.11 Å². The molecule has 2 fully saturated rings. The number of hydrogen-bond donors (Lipinski definition) is 1. The van der Waals surface area contributed by atoms with E-state index in [0.29, 0.717) is 17.8 Å². The number of carbonyl (C=O) groups excluding carboxylic acids is 2. The number of alkyl carbamates (subject to hydrolysis) is 1. The summed E-state index contributed by atoms with van der Waals surface area (Å²) >= 11 is 0. The van der Waals surface area contributed by atoms with Gasteiger partial charge < -0.3 is 14.8 Å². The molecule has 0 radical (unpaired) electrons. The highest BCUT2D eigenvalue weighted by atomic mass is 16.5. The third-order valence-corrected chi connectivity index (χ3v) is 5.45. The van der Waals surface area contributed by atoms with Gasteiger partial charge in [0.2, 0.25) is 0 Å².